The highest BCUT2D eigenvalue weighted by atomic mass is 16.6. The number of hydrogen-bond donors (Lipinski definition) is 2. The summed E-state index contributed by atoms with van der Waals surface area (Å²) in [5.74, 6) is 2.34. The van der Waals surface area contributed by atoms with Gasteiger partial charge in [0.25, 0.3) is 0 Å². The fourth-order valence-corrected chi connectivity index (χ4v) is 12.4. The molecule has 5 rings (SSSR count). The average Bonchev–Trinajstić information content (AvgIpc) is 3.40. The molecule has 0 radical (unpaired) electrons. The fourth-order valence-electron chi connectivity index (χ4n) is 12.4. The van der Waals surface area contributed by atoms with Crippen molar-refractivity contribution in [2.75, 3.05) is 52.9 Å². The van der Waals surface area contributed by atoms with E-state index in [1.54, 1.807) is 0 Å². The van der Waals surface area contributed by atoms with Gasteiger partial charge in [0.15, 0.2) is 0 Å². The van der Waals surface area contributed by atoms with Crippen LogP contribution in [0.4, 0.5) is 0 Å². The quantitative estimate of drug-likeness (QED) is 0.134. The summed E-state index contributed by atoms with van der Waals surface area (Å²) >= 11 is 0. The summed E-state index contributed by atoms with van der Waals surface area (Å²) in [6, 6.07) is 0. The van der Waals surface area contributed by atoms with Crippen molar-refractivity contribution in [3.8, 4) is 0 Å². The summed E-state index contributed by atoms with van der Waals surface area (Å²) in [4.78, 5) is 14.1. The molecule has 0 aromatic carbocycles. The molecule has 258 valence electrons. The Morgan fingerprint density at radius 1 is 0.733 bits per heavy atom. The SMILES string of the molecule is C=C(C)[C@@H]1CC[C@]2(C(=O)OCCOCCOCCOCCO)CC[C@]3(C)[C@H](CC[C@@H]4[C@@]5(C)CC[C@H](O)C(C)(C)[C@@H]5CC[C@]43C)[C@@H]12. The van der Waals surface area contributed by atoms with Crippen LogP contribution >= 0.6 is 0 Å². The molecule has 10 atom stereocenters. The van der Waals surface area contributed by atoms with Gasteiger partial charge in [0.2, 0.25) is 0 Å². The molecule has 45 heavy (non-hydrogen) atoms. The third-order valence-corrected chi connectivity index (χ3v) is 14.9. The van der Waals surface area contributed by atoms with E-state index in [1.807, 2.05) is 0 Å². The predicted molar refractivity (Wildman–Crippen MR) is 175 cm³/mol. The van der Waals surface area contributed by atoms with Crippen molar-refractivity contribution < 1.29 is 34.0 Å². The van der Waals surface area contributed by atoms with Crippen LogP contribution < -0.4 is 0 Å². The second-order valence-electron chi connectivity index (χ2n) is 16.9. The Morgan fingerprint density at radius 2 is 1.38 bits per heavy atom. The summed E-state index contributed by atoms with van der Waals surface area (Å²) in [6.45, 7) is 21.9. The summed E-state index contributed by atoms with van der Waals surface area (Å²) in [7, 11) is 0. The number of ether oxygens (including phenoxy) is 4. The van der Waals surface area contributed by atoms with Gasteiger partial charge in [-0.05, 0) is 122 Å². The molecule has 5 fully saturated rings. The second kappa shape index (κ2) is 13.5. The van der Waals surface area contributed by atoms with E-state index in [0.717, 1.165) is 38.5 Å². The zero-order chi connectivity index (χ0) is 32.7. The van der Waals surface area contributed by atoms with Gasteiger partial charge in [-0.1, -0.05) is 46.8 Å². The van der Waals surface area contributed by atoms with Crippen molar-refractivity contribution >= 4 is 5.97 Å². The van der Waals surface area contributed by atoms with Crippen molar-refractivity contribution in [3.63, 3.8) is 0 Å². The monoisotopic (exact) mass is 632 g/mol. The van der Waals surface area contributed by atoms with Crippen LogP contribution in [0.3, 0.4) is 0 Å². The normalized spacial score (nSPS) is 43.5. The maximum atomic E-state index is 14.1. The molecule has 0 heterocycles. The van der Waals surface area contributed by atoms with Crippen molar-refractivity contribution in [3.05, 3.63) is 12.2 Å². The number of rotatable bonds is 13. The number of hydrogen-bond acceptors (Lipinski definition) is 7. The fraction of sp³-hybridized carbons (Fsp3) is 0.921. The first kappa shape index (κ1) is 35.3. The van der Waals surface area contributed by atoms with E-state index < -0.39 is 5.41 Å². The lowest BCUT2D eigenvalue weighted by molar-refractivity contribution is -0.248. The number of fused-ring (bicyclic) bond motifs is 7. The molecule has 7 heteroatoms. The van der Waals surface area contributed by atoms with Crippen LogP contribution in [0.1, 0.15) is 106 Å². The highest BCUT2D eigenvalue weighted by molar-refractivity contribution is 5.78. The lowest BCUT2D eigenvalue weighted by atomic mass is 9.32. The molecular weight excluding hydrogens is 568 g/mol. The van der Waals surface area contributed by atoms with Crippen molar-refractivity contribution in [1.29, 1.82) is 0 Å². The Labute approximate surface area is 273 Å². The van der Waals surface area contributed by atoms with Crippen LogP contribution in [0.25, 0.3) is 0 Å². The summed E-state index contributed by atoms with van der Waals surface area (Å²) in [5, 5.41) is 19.8. The molecule has 0 aromatic rings. The van der Waals surface area contributed by atoms with E-state index in [9.17, 15) is 9.90 Å². The van der Waals surface area contributed by atoms with Gasteiger partial charge >= 0.3 is 5.97 Å². The van der Waals surface area contributed by atoms with Gasteiger partial charge in [0.1, 0.15) is 6.61 Å². The maximum absolute atomic E-state index is 14.1. The number of aliphatic hydroxyl groups is 2. The first-order valence-corrected chi connectivity index (χ1v) is 18.1. The second-order valence-corrected chi connectivity index (χ2v) is 16.9. The molecular formula is C38H64O7. The van der Waals surface area contributed by atoms with Crippen LogP contribution in [0.15, 0.2) is 12.2 Å². The molecule has 0 bridgehead atoms. The van der Waals surface area contributed by atoms with Crippen LogP contribution in [0, 0.1) is 56.7 Å². The van der Waals surface area contributed by atoms with E-state index in [1.165, 1.54) is 31.3 Å². The molecule has 7 nitrogen and oxygen atoms in total. The van der Waals surface area contributed by atoms with Gasteiger partial charge in [-0.25, -0.2) is 0 Å². The number of carbonyl (C=O) groups is 1. The minimum absolute atomic E-state index is 0.00912. The molecule has 0 unspecified atom stereocenters. The van der Waals surface area contributed by atoms with Gasteiger partial charge in [-0.15, -0.1) is 0 Å². The first-order chi connectivity index (χ1) is 21.3. The molecule has 2 N–H and O–H groups in total. The van der Waals surface area contributed by atoms with Crippen LogP contribution in [-0.2, 0) is 23.7 Å². The smallest absolute Gasteiger partial charge is 0.312 e. The number of carbonyl (C=O) groups excluding carboxylic acids is 1. The Balaban J connectivity index is 1.26. The zero-order valence-electron chi connectivity index (χ0n) is 29.3. The molecule has 5 aliphatic rings. The average molecular weight is 633 g/mol. The number of allylic oxidation sites excluding steroid dienone is 1. The topological polar surface area (TPSA) is 94.5 Å². The van der Waals surface area contributed by atoms with Crippen molar-refractivity contribution in [2.24, 2.45) is 56.7 Å². The Morgan fingerprint density at radius 3 is 2.02 bits per heavy atom. The minimum Gasteiger partial charge on any atom is -0.463 e. The van der Waals surface area contributed by atoms with E-state index >= 15 is 0 Å². The van der Waals surface area contributed by atoms with Gasteiger partial charge in [0.05, 0.1) is 57.8 Å². The standard InChI is InChI=1S/C38H64O7/c1-26(2)27-10-15-38(33(41)45-25-24-44-23-22-43-21-20-42-19-18-39)17-16-36(6)28(32(27)38)8-9-30-35(5)13-12-31(40)34(3,4)29(35)11-14-37(30,36)7/h27-32,39-40H,1,8-25H2,2-7H3/t27-,28+,29-,30+,31-,32+,35-,36+,37+,38-/m0/s1. The third-order valence-electron chi connectivity index (χ3n) is 14.9. The molecule has 0 amide bonds. The molecule has 0 saturated heterocycles. The largest absolute Gasteiger partial charge is 0.463 e. The molecule has 0 aromatic heterocycles. The van der Waals surface area contributed by atoms with Crippen LogP contribution in [0.2, 0.25) is 0 Å². The highest BCUT2D eigenvalue weighted by Gasteiger charge is 2.72. The maximum Gasteiger partial charge on any atom is 0.312 e. The van der Waals surface area contributed by atoms with E-state index in [4.69, 9.17) is 24.1 Å². The third kappa shape index (κ3) is 5.87. The highest BCUT2D eigenvalue weighted by Crippen LogP contribution is 2.77. The van der Waals surface area contributed by atoms with E-state index in [-0.39, 0.29) is 52.9 Å². The van der Waals surface area contributed by atoms with Gasteiger partial charge < -0.3 is 29.2 Å². The number of esters is 1. The Bertz CT molecular complexity index is 1060. The van der Waals surface area contributed by atoms with Crippen molar-refractivity contribution in [1.82, 2.24) is 0 Å². The molecule has 0 spiro atoms. The minimum atomic E-state index is -0.424. The predicted octanol–water partition coefficient (Wildman–Crippen LogP) is 6.59. The molecule has 5 saturated carbocycles. The summed E-state index contributed by atoms with van der Waals surface area (Å²) in [5.41, 5.74) is 1.41. The zero-order valence-corrected chi connectivity index (χ0v) is 29.3. The van der Waals surface area contributed by atoms with E-state index in [0.29, 0.717) is 63.3 Å². The van der Waals surface area contributed by atoms with Crippen LogP contribution in [0.5, 0.6) is 0 Å². The van der Waals surface area contributed by atoms with Gasteiger partial charge in [-0.2, -0.15) is 0 Å². The summed E-state index contributed by atoms with van der Waals surface area (Å²) < 4.78 is 22.4. The van der Waals surface area contributed by atoms with Gasteiger partial charge in [0, 0.05) is 0 Å². The lowest BCUT2D eigenvalue weighted by Gasteiger charge is -2.72. The molecule has 5 aliphatic carbocycles. The first-order valence-electron chi connectivity index (χ1n) is 18.1. The van der Waals surface area contributed by atoms with Gasteiger partial charge in [-0.3, -0.25) is 4.79 Å². The lowest BCUT2D eigenvalue weighted by Crippen LogP contribution is -2.67. The molecule has 0 aliphatic heterocycles. The summed E-state index contributed by atoms with van der Waals surface area (Å²) in [6.07, 6.45) is 10.6. The van der Waals surface area contributed by atoms with Crippen molar-refractivity contribution in [2.45, 2.75) is 112 Å². The number of aliphatic hydroxyl groups excluding tert-OH is 2. The Hall–Kier alpha value is -0.990. The van der Waals surface area contributed by atoms with E-state index in [2.05, 4.69) is 48.1 Å². The van der Waals surface area contributed by atoms with Crippen LogP contribution in [-0.4, -0.2) is 75.1 Å². The Kier molecular flexibility index (Phi) is 10.6.